The monoisotopic (exact) mass is 296 g/mol. The van der Waals surface area contributed by atoms with Crippen LogP contribution in [0.1, 0.15) is 22.3 Å². The number of carbonyl (C=O) groups is 2. The lowest BCUT2D eigenvalue weighted by molar-refractivity contribution is -0.873. The zero-order valence-electron chi connectivity index (χ0n) is 12.8. The lowest BCUT2D eigenvalue weighted by atomic mass is 10.1. The van der Waals surface area contributed by atoms with Crippen molar-refractivity contribution in [1.82, 2.24) is 0 Å². The van der Waals surface area contributed by atoms with Crippen molar-refractivity contribution in [2.75, 3.05) is 27.7 Å². The van der Waals surface area contributed by atoms with Gasteiger partial charge in [-0.05, 0) is 18.6 Å². The number of quaternary nitrogens is 1. The predicted octanol–water partition coefficient (Wildman–Crippen LogP) is 1.41. The minimum absolute atomic E-state index is 0.0480. The highest BCUT2D eigenvalue weighted by Crippen LogP contribution is 2.23. The molecule has 0 spiro atoms. The number of nitrogens with zero attached hydrogens (tertiary/aromatic N) is 1. The molecule has 0 fully saturated rings. The summed E-state index contributed by atoms with van der Waals surface area (Å²) >= 11 is 0. The average Bonchev–Trinajstić information content (AvgIpc) is 2.29. The molecule has 1 atom stereocenters. The molecule has 0 aliphatic heterocycles. The van der Waals surface area contributed by atoms with Gasteiger partial charge in [0, 0.05) is 0 Å². The first-order valence-corrected chi connectivity index (χ1v) is 6.62. The van der Waals surface area contributed by atoms with Crippen molar-refractivity contribution in [3.05, 3.63) is 29.3 Å². The molecule has 0 saturated heterocycles. The van der Waals surface area contributed by atoms with Crippen molar-refractivity contribution in [1.29, 1.82) is 0 Å². The third kappa shape index (κ3) is 5.43. The van der Waals surface area contributed by atoms with Gasteiger partial charge in [-0.25, -0.2) is 4.79 Å². The van der Waals surface area contributed by atoms with E-state index in [1.807, 2.05) is 21.1 Å². The number of aliphatic carboxylic acids is 1. The van der Waals surface area contributed by atoms with Crippen LogP contribution in [0.3, 0.4) is 0 Å². The largest absolute Gasteiger partial charge is 0.507 e. The maximum atomic E-state index is 12.1. The number of carbonyl (C=O) groups excluding carboxylic acids is 1. The number of benzene rings is 1. The Morgan fingerprint density at radius 2 is 1.90 bits per heavy atom. The molecule has 0 saturated carbocycles. The van der Waals surface area contributed by atoms with Crippen LogP contribution in [-0.4, -0.2) is 60.4 Å². The zero-order valence-corrected chi connectivity index (χ0v) is 12.8. The van der Waals surface area contributed by atoms with E-state index in [4.69, 9.17) is 9.84 Å². The molecular formula is C15H22NO5+. The molecule has 6 heteroatoms. The first-order chi connectivity index (χ1) is 9.60. The third-order valence-electron chi connectivity index (χ3n) is 2.89. The number of phenolic OH excluding ortho intramolecular Hbond substituents is 1. The molecule has 1 aromatic rings. The molecule has 0 radical (unpaired) electrons. The van der Waals surface area contributed by atoms with Gasteiger partial charge in [-0.15, -0.1) is 0 Å². The smallest absolute Gasteiger partial charge is 0.342 e. The summed E-state index contributed by atoms with van der Waals surface area (Å²) in [5.74, 6) is -1.88. The van der Waals surface area contributed by atoms with Crippen LogP contribution in [-0.2, 0) is 9.53 Å². The number of phenols is 1. The molecule has 0 aliphatic rings. The van der Waals surface area contributed by atoms with E-state index in [0.717, 1.165) is 0 Å². The number of para-hydroxylation sites is 1. The Morgan fingerprint density at radius 3 is 2.43 bits per heavy atom. The second kappa shape index (κ2) is 6.58. The van der Waals surface area contributed by atoms with Gasteiger partial charge in [-0.1, -0.05) is 12.1 Å². The minimum Gasteiger partial charge on any atom is -0.507 e. The van der Waals surface area contributed by atoms with Crippen LogP contribution in [0.5, 0.6) is 5.75 Å². The fourth-order valence-electron chi connectivity index (χ4n) is 1.99. The molecule has 6 nitrogen and oxygen atoms in total. The molecule has 0 aromatic heterocycles. The summed E-state index contributed by atoms with van der Waals surface area (Å²) in [4.78, 5) is 23.0. The summed E-state index contributed by atoms with van der Waals surface area (Å²) in [5, 5.41) is 18.8. The summed E-state index contributed by atoms with van der Waals surface area (Å²) in [6.07, 6.45) is -1.02. The predicted molar refractivity (Wildman–Crippen MR) is 77.2 cm³/mol. The van der Waals surface area contributed by atoms with Crippen molar-refractivity contribution >= 4 is 11.9 Å². The summed E-state index contributed by atoms with van der Waals surface area (Å²) in [6, 6.07) is 4.76. The van der Waals surface area contributed by atoms with Gasteiger partial charge < -0.3 is 19.4 Å². The molecule has 116 valence electrons. The molecule has 0 unspecified atom stereocenters. The van der Waals surface area contributed by atoms with E-state index in [2.05, 4.69) is 0 Å². The molecule has 0 heterocycles. The first kappa shape index (κ1) is 17.0. The highest BCUT2D eigenvalue weighted by molar-refractivity contribution is 5.93. The van der Waals surface area contributed by atoms with E-state index >= 15 is 0 Å². The maximum absolute atomic E-state index is 12.1. The van der Waals surface area contributed by atoms with E-state index in [0.29, 0.717) is 16.6 Å². The van der Waals surface area contributed by atoms with Crippen LogP contribution >= 0.6 is 0 Å². The Kier molecular flexibility index (Phi) is 5.32. The van der Waals surface area contributed by atoms with E-state index < -0.39 is 18.0 Å². The van der Waals surface area contributed by atoms with E-state index in [1.165, 1.54) is 6.07 Å². The van der Waals surface area contributed by atoms with Gasteiger partial charge in [0.05, 0.1) is 27.6 Å². The number of carboxylic acids is 1. The maximum Gasteiger partial charge on any atom is 0.342 e. The highest BCUT2D eigenvalue weighted by Gasteiger charge is 2.26. The zero-order chi connectivity index (χ0) is 16.2. The lowest BCUT2D eigenvalue weighted by Crippen LogP contribution is -2.43. The van der Waals surface area contributed by atoms with Gasteiger partial charge in [0.15, 0.2) is 6.10 Å². The van der Waals surface area contributed by atoms with Gasteiger partial charge in [0.1, 0.15) is 17.9 Å². The lowest BCUT2D eigenvalue weighted by Gasteiger charge is -2.28. The normalized spacial score (nSPS) is 12.8. The Labute approximate surface area is 124 Å². The molecule has 0 amide bonds. The van der Waals surface area contributed by atoms with Crippen molar-refractivity contribution in [2.24, 2.45) is 0 Å². The van der Waals surface area contributed by atoms with Crippen molar-refractivity contribution in [2.45, 2.75) is 19.4 Å². The molecule has 21 heavy (non-hydrogen) atoms. The third-order valence-corrected chi connectivity index (χ3v) is 2.89. The second-order valence-electron chi connectivity index (χ2n) is 6.07. The average molecular weight is 296 g/mol. The second-order valence-corrected chi connectivity index (χ2v) is 6.07. The van der Waals surface area contributed by atoms with E-state index in [9.17, 15) is 14.7 Å². The number of ether oxygens (including phenoxy) is 1. The van der Waals surface area contributed by atoms with Crippen LogP contribution in [0.25, 0.3) is 0 Å². The Morgan fingerprint density at radius 1 is 1.29 bits per heavy atom. The number of carboxylic acid groups (broad SMARTS) is 1. The van der Waals surface area contributed by atoms with Crippen LogP contribution in [0.15, 0.2) is 18.2 Å². The van der Waals surface area contributed by atoms with Crippen LogP contribution in [0.2, 0.25) is 0 Å². The molecule has 2 N–H and O–H groups in total. The topological polar surface area (TPSA) is 83.8 Å². The molecule has 0 bridgehead atoms. The highest BCUT2D eigenvalue weighted by atomic mass is 16.5. The standard InChI is InChI=1S/C15H21NO5/c1-10-6-5-7-12(14(10)19)15(20)21-11(8-13(17)18)9-16(2,3)4/h5-7,11H,8-9H2,1-4H3,(H-,17,18,19,20)/p+1/t11-/m1/s1. The fraction of sp³-hybridized carbons (Fsp3) is 0.467. The van der Waals surface area contributed by atoms with E-state index in [1.54, 1.807) is 19.1 Å². The fourth-order valence-corrected chi connectivity index (χ4v) is 1.99. The molecular weight excluding hydrogens is 274 g/mol. The minimum atomic E-state index is -1.03. The van der Waals surface area contributed by atoms with Crippen LogP contribution in [0, 0.1) is 6.92 Å². The summed E-state index contributed by atoms with van der Waals surface area (Å²) in [5.41, 5.74) is 0.609. The van der Waals surface area contributed by atoms with Crippen LogP contribution in [0.4, 0.5) is 0 Å². The Hall–Kier alpha value is -2.08. The van der Waals surface area contributed by atoms with E-state index in [-0.39, 0.29) is 17.7 Å². The first-order valence-electron chi connectivity index (χ1n) is 6.62. The Bertz CT molecular complexity index is 533. The molecule has 1 aromatic carbocycles. The van der Waals surface area contributed by atoms with Gasteiger partial charge in [-0.3, -0.25) is 4.79 Å². The molecule has 0 aliphatic carbocycles. The summed E-state index contributed by atoms with van der Waals surface area (Å²) in [6.45, 7) is 2.04. The van der Waals surface area contributed by atoms with Crippen molar-refractivity contribution in [3.8, 4) is 5.75 Å². The number of hydrogen-bond acceptors (Lipinski definition) is 4. The van der Waals surface area contributed by atoms with Crippen molar-refractivity contribution in [3.63, 3.8) is 0 Å². The van der Waals surface area contributed by atoms with Gasteiger partial charge in [0.25, 0.3) is 0 Å². The summed E-state index contributed by atoms with van der Waals surface area (Å²) in [7, 11) is 5.65. The SMILES string of the molecule is Cc1cccc(C(=O)O[C@H](CC(=O)O)C[N+](C)(C)C)c1O. The Balaban J connectivity index is 2.89. The molecule has 1 rings (SSSR count). The van der Waals surface area contributed by atoms with Crippen LogP contribution < -0.4 is 0 Å². The van der Waals surface area contributed by atoms with Gasteiger partial charge >= 0.3 is 11.9 Å². The summed E-state index contributed by atoms with van der Waals surface area (Å²) < 4.78 is 5.73. The quantitative estimate of drug-likeness (QED) is 0.612. The van der Waals surface area contributed by atoms with Gasteiger partial charge in [-0.2, -0.15) is 0 Å². The number of aromatic hydroxyl groups is 1. The number of esters is 1. The number of aryl methyl sites for hydroxylation is 1. The van der Waals surface area contributed by atoms with Crippen molar-refractivity contribution < 1.29 is 29.0 Å². The number of rotatable bonds is 6. The van der Waals surface area contributed by atoms with Gasteiger partial charge in [0.2, 0.25) is 0 Å². The number of hydrogen-bond donors (Lipinski definition) is 2. The number of likely N-dealkylation sites (N-methyl/N-ethyl adjacent to an activating group) is 1.